The predicted molar refractivity (Wildman–Crippen MR) is 86.6 cm³/mol. The second-order valence-electron chi connectivity index (χ2n) is 5.92. The van der Waals surface area contributed by atoms with E-state index in [4.69, 9.17) is 4.74 Å². The molecule has 0 radical (unpaired) electrons. The Bertz CT molecular complexity index is 472. The Morgan fingerprint density at radius 1 is 1.24 bits per heavy atom. The van der Waals surface area contributed by atoms with Crippen LogP contribution in [-0.2, 0) is 4.79 Å². The number of amides is 1. The van der Waals surface area contributed by atoms with Gasteiger partial charge >= 0.3 is 0 Å². The van der Waals surface area contributed by atoms with Crippen LogP contribution in [0.25, 0.3) is 0 Å². The van der Waals surface area contributed by atoms with Crippen LogP contribution in [0.4, 0.5) is 0 Å². The van der Waals surface area contributed by atoms with E-state index in [2.05, 4.69) is 37.5 Å². The lowest BCUT2D eigenvalue weighted by molar-refractivity contribution is -0.124. The number of hydrogen-bond acceptors (Lipinski definition) is 3. The first-order valence-corrected chi connectivity index (χ1v) is 7.55. The fourth-order valence-electron chi connectivity index (χ4n) is 1.88. The summed E-state index contributed by atoms with van der Waals surface area (Å²) in [6.45, 7) is 10.3. The largest absolute Gasteiger partial charge is 0.484 e. The molecule has 2 unspecified atom stereocenters. The van der Waals surface area contributed by atoms with Crippen molar-refractivity contribution in [3.8, 4) is 5.75 Å². The summed E-state index contributed by atoms with van der Waals surface area (Å²) < 4.78 is 5.62. The van der Waals surface area contributed by atoms with Crippen LogP contribution in [0.2, 0.25) is 0 Å². The van der Waals surface area contributed by atoms with Crippen LogP contribution in [0.3, 0.4) is 0 Å². The van der Waals surface area contributed by atoms with Crippen molar-refractivity contribution in [1.29, 1.82) is 0 Å². The number of rotatable bonds is 7. The molecule has 21 heavy (non-hydrogen) atoms. The van der Waals surface area contributed by atoms with Gasteiger partial charge in [0.15, 0.2) is 6.61 Å². The highest BCUT2D eigenvalue weighted by Gasteiger charge is 2.12. The van der Waals surface area contributed by atoms with Crippen molar-refractivity contribution in [2.24, 2.45) is 5.92 Å². The van der Waals surface area contributed by atoms with Crippen LogP contribution in [0.5, 0.6) is 5.75 Å². The molecule has 1 aromatic rings. The zero-order chi connectivity index (χ0) is 16.0. The number of aryl methyl sites for hydroxylation is 1. The molecule has 4 nitrogen and oxygen atoms in total. The van der Waals surface area contributed by atoms with Crippen molar-refractivity contribution >= 4 is 5.91 Å². The molecule has 2 N–H and O–H groups in total. The summed E-state index contributed by atoms with van der Waals surface area (Å²) in [6, 6.07) is 6.50. The van der Waals surface area contributed by atoms with Crippen molar-refractivity contribution in [3.05, 3.63) is 29.3 Å². The van der Waals surface area contributed by atoms with Crippen LogP contribution >= 0.6 is 0 Å². The average Bonchev–Trinajstić information content (AvgIpc) is 2.44. The standard InChI is InChI=1S/C17H28N2O2/c1-11(2)13(4)19-17(20)10-21-16-8-7-15(9-12(16)3)14(5)18-6/h7-9,11,13-14,18H,10H2,1-6H3,(H,19,20). The van der Waals surface area contributed by atoms with Crippen LogP contribution < -0.4 is 15.4 Å². The summed E-state index contributed by atoms with van der Waals surface area (Å²) in [5.74, 6) is 1.09. The van der Waals surface area contributed by atoms with Crippen LogP contribution in [0.1, 0.15) is 44.9 Å². The van der Waals surface area contributed by atoms with Gasteiger partial charge in [-0.2, -0.15) is 0 Å². The third-order valence-electron chi connectivity index (χ3n) is 3.88. The molecule has 0 fully saturated rings. The lowest BCUT2D eigenvalue weighted by atomic mass is 10.1. The number of hydrogen-bond donors (Lipinski definition) is 2. The molecule has 4 heteroatoms. The molecule has 0 spiro atoms. The number of nitrogens with one attached hydrogen (secondary N) is 2. The van der Waals surface area contributed by atoms with Gasteiger partial charge in [-0.1, -0.05) is 26.0 Å². The minimum Gasteiger partial charge on any atom is -0.484 e. The molecule has 1 aromatic carbocycles. The summed E-state index contributed by atoms with van der Waals surface area (Å²) in [7, 11) is 1.94. The fraction of sp³-hybridized carbons (Fsp3) is 0.588. The SMILES string of the molecule is CNC(C)c1ccc(OCC(=O)NC(C)C(C)C)c(C)c1. The van der Waals surface area contributed by atoms with E-state index in [-0.39, 0.29) is 18.6 Å². The van der Waals surface area contributed by atoms with Gasteiger partial charge in [0.05, 0.1) is 0 Å². The smallest absolute Gasteiger partial charge is 0.258 e. The van der Waals surface area contributed by atoms with Crippen molar-refractivity contribution in [1.82, 2.24) is 10.6 Å². The molecule has 0 saturated carbocycles. The number of ether oxygens (including phenoxy) is 1. The molecule has 1 amide bonds. The van der Waals surface area contributed by atoms with Gasteiger partial charge < -0.3 is 15.4 Å². The second kappa shape index (κ2) is 8.03. The fourth-order valence-corrected chi connectivity index (χ4v) is 1.88. The van der Waals surface area contributed by atoms with E-state index in [0.29, 0.717) is 12.0 Å². The van der Waals surface area contributed by atoms with E-state index in [1.165, 1.54) is 5.56 Å². The third kappa shape index (κ3) is 5.38. The average molecular weight is 292 g/mol. The summed E-state index contributed by atoms with van der Waals surface area (Å²) >= 11 is 0. The molecule has 118 valence electrons. The number of carbonyl (C=O) groups is 1. The molecule has 0 saturated heterocycles. The molecule has 0 aliphatic heterocycles. The lowest BCUT2D eigenvalue weighted by Gasteiger charge is -2.18. The van der Waals surface area contributed by atoms with Crippen LogP contribution in [0.15, 0.2) is 18.2 Å². The highest BCUT2D eigenvalue weighted by Crippen LogP contribution is 2.22. The lowest BCUT2D eigenvalue weighted by Crippen LogP contribution is -2.39. The molecule has 1 rings (SSSR count). The monoisotopic (exact) mass is 292 g/mol. The molecule has 0 heterocycles. The Kier molecular flexibility index (Phi) is 6.69. The predicted octanol–water partition coefficient (Wildman–Crippen LogP) is 2.81. The van der Waals surface area contributed by atoms with Gasteiger partial charge in [-0.3, -0.25) is 4.79 Å². The Morgan fingerprint density at radius 2 is 1.90 bits per heavy atom. The molecule has 0 bridgehead atoms. The molecular weight excluding hydrogens is 264 g/mol. The van der Waals surface area contributed by atoms with Crippen LogP contribution in [-0.4, -0.2) is 25.6 Å². The van der Waals surface area contributed by atoms with Crippen molar-refractivity contribution in [2.45, 2.75) is 46.7 Å². The van der Waals surface area contributed by atoms with E-state index in [0.717, 1.165) is 11.3 Å². The molecule has 0 aliphatic carbocycles. The highest BCUT2D eigenvalue weighted by molar-refractivity contribution is 5.77. The maximum absolute atomic E-state index is 11.8. The Hall–Kier alpha value is -1.55. The molecule has 2 atom stereocenters. The second-order valence-corrected chi connectivity index (χ2v) is 5.92. The Morgan fingerprint density at radius 3 is 2.43 bits per heavy atom. The Balaban J connectivity index is 2.58. The first-order valence-electron chi connectivity index (χ1n) is 7.55. The van der Waals surface area contributed by atoms with Gasteiger partial charge in [0.1, 0.15) is 5.75 Å². The van der Waals surface area contributed by atoms with Gasteiger partial charge in [0.2, 0.25) is 0 Å². The molecule has 0 aromatic heterocycles. The summed E-state index contributed by atoms with van der Waals surface area (Å²) in [4.78, 5) is 11.8. The van der Waals surface area contributed by atoms with Crippen molar-refractivity contribution in [2.75, 3.05) is 13.7 Å². The van der Waals surface area contributed by atoms with E-state index in [1.807, 2.05) is 33.0 Å². The first-order chi connectivity index (χ1) is 9.85. The van der Waals surface area contributed by atoms with Gasteiger partial charge in [-0.15, -0.1) is 0 Å². The van der Waals surface area contributed by atoms with E-state index < -0.39 is 0 Å². The summed E-state index contributed by atoms with van der Waals surface area (Å²) in [5.41, 5.74) is 2.25. The summed E-state index contributed by atoms with van der Waals surface area (Å²) in [6.07, 6.45) is 0. The first kappa shape index (κ1) is 17.5. The van der Waals surface area contributed by atoms with Crippen molar-refractivity contribution < 1.29 is 9.53 Å². The quantitative estimate of drug-likeness (QED) is 0.812. The Labute approximate surface area is 128 Å². The van der Waals surface area contributed by atoms with Gasteiger partial charge in [-0.05, 0) is 50.9 Å². The maximum atomic E-state index is 11.8. The zero-order valence-electron chi connectivity index (χ0n) is 14.0. The van der Waals surface area contributed by atoms with Crippen molar-refractivity contribution in [3.63, 3.8) is 0 Å². The zero-order valence-corrected chi connectivity index (χ0v) is 14.0. The summed E-state index contributed by atoms with van der Waals surface area (Å²) in [5, 5.41) is 6.14. The number of benzene rings is 1. The van der Waals surface area contributed by atoms with E-state index >= 15 is 0 Å². The normalized spacial score (nSPS) is 13.9. The topological polar surface area (TPSA) is 50.4 Å². The van der Waals surface area contributed by atoms with Gasteiger partial charge in [0.25, 0.3) is 5.91 Å². The number of carbonyl (C=O) groups excluding carboxylic acids is 1. The molecular formula is C17H28N2O2. The minimum absolute atomic E-state index is 0.0544. The maximum Gasteiger partial charge on any atom is 0.258 e. The third-order valence-corrected chi connectivity index (χ3v) is 3.88. The molecule has 0 aliphatic rings. The minimum atomic E-state index is -0.0803. The van der Waals surface area contributed by atoms with Gasteiger partial charge in [-0.25, -0.2) is 0 Å². The van der Waals surface area contributed by atoms with Gasteiger partial charge in [0, 0.05) is 12.1 Å². The van der Waals surface area contributed by atoms with E-state index in [1.54, 1.807) is 0 Å². The highest BCUT2D eigenvalue weighted by atomic mass is 16.5. The van der Waals surface area contributed by atoms with Crippen LogP contribution in [0, 0.1) is 12.8 Å². The van der Waals surface area contributed by atoms with E-state index in [9.17, 15) is 4.79 Å².